The molecule has 3 rings (SSSR count). The topological polar surface area (TPSA) is 43.8 Å². The molecule has 106 valence electrons. The zero-order chi connectivity index (χ0) is 15.0. The fourth-order valence-electron chi connectivity index (χ4n) is 2.21. The monoisotopic (exact) mass is 453 g/mol. The zero-order valence-electron chi connectivity index (χ0n) is 11.3. The van der Waals surface area contributed by atoms with Crippen molar-refractivity contribution in [1.82, 2.24) is 9.78 Å². The van der Waals surface area contributed by atoms with Gasteiger partial charge in [0.05, 0.1) is 11.4 Å². The van der Waals surface area contributed by atoms with Crippen molar-refractivity contribution in [3.63, 3.8) is 0 Å². The largest absolute Gasteiger partial charge is 0.383 e. The molecule has 21 heavy (non-hydrogen) atoms. The highest BCUT2D eigenvalue weighted by atomic mass is 127. The third kappa shape index (κ3) is 2.72. The van der Waals surface area contributed by atoms with Gasteiger partial charge in [0, 0.05) is 19.2 Å². The van der Waals surface area contributed by atoms with Gasteiger partial charge in [-0.15, -0.1) is 0 Å². The van der Waals surface area contributed by atoms with Crippen LogP contribution in [0, 0.1) is 10.5 Å². The van der Waals surface area contributed by atoms with Crippen LogP contribution < -0.4 is 5.73 Å². The van der Waals surface area contributed by atoms with Crippen molar-refractivity contribution in [3.8, 4) is 16.9 Å². The standard InChI is InChI=1S/C16H13BrIN3/c1-10-15(13-9-11(17)7-8-14(13)18)20-21(16(10)19)12-5-3-2-4-6-12/h2-9H,19H2,1H3. The average molecular weight is 454 g/mol. The van der Waals surface area contributed by atoms with Crippen LogP contribution in [0.25, 0.3) is 16.9 Å². The summed E-state index contributed by atoms with van der Waals surface area (Å²) in [6, 6.07) is 16.1. The van der Waals surface area contributed by atoms with E-state index in [2.05, 4.69) is 50.7 Å². The number of rotatable bonds is 2. The van der Waals surface area contributed by atoms with Crippen molar-refractivity contribution in [2.45, 2.75) is 6.92 Å². The van der Waals surface area contributed by atoms with E-state index in [0.29, 0.717) is 5.82 Å². The molecule has 2 aromatic carbocycles. The van der Waals surface area contributed by atoms with Crippen LogP contribution in [-0.2, 0) is 0 Å². The van der Waals surface area contributed by atoms with Crippen LogP contribution in [0.2, 0.25) is 0 Å². The van der Waals surface area contributed by atoms with Gasteiger partial charge in [-0.05, 0) is 59.8 Å². The lowest BCUT2D eigenvalue weighted by atomic mass is 10.1. The average Bonchev–Trinajstić information content (AvgIpc) is 2.79. The lowest BCUT2D eigenvalue weighted by Crippen LogP contribution is -2.01. The highest BCUT2D eigenvalue weighted by molar-refractivity contribution is 14.1. The molecule has 0 saturated heterocycles. The van der Waals surface area contributed by atoms with Crippen molar-refractivity contribution in [3.05, 3.63) is 62.1 Å². The number of halogens is 2. The summed E-state index contributed by atoms with van der Waals surface area (Å²) < 4.78 is 3.98. The Hall–Kier alpha value is -1.34. The lowest BCUT2D eigenvalue weighted by Gasteiger charge is -2.03. The summed E-state index contributed by atoms with van der Waals surface area (Å²) in [5.41, 5.74) is 10.2. The highest BCUT2D eigenvalue weighted by Gasteiger charge is 2.16. The number of anilines is 1. The molecule has 0 aliphatic carbocycles. The molecular formula is C16H13BrIN3. The maximum Gasteiger partial charge on any atom is 0.130 e. The first-order valence-corrected chi connectivity index (χ1v) is 8.31. The lowest BCUT2D eigenvalue weighted by molar-refractivity contribution is 0.895. The molecule has 0 radical (unpaired) electrons. The van der Waals surface area contributed by atoms with E-state index >= 15 is 0 Å². The number of hydrogen-bond acceptors (Lipinski definition) is 2. The smallest absolute Gasteiger partial charge is 0.130 e. The Morgan fingerprint density at radius 3 is 2.57 bits per heavy atom. The highest BCUT2D eigenvalue weighted by Crippen LogP contribution is 2.33. The van der Waals surface area contributed by atoms with Gasteiger partial charge in [0.2, 0.25) is 0 Å². The van der Waals surface area contributed by atoms with Gasteiger partial charge in [0.1, 0.15) is 5.82 Å². The fourth-order valence-corrected chi connectivity index (χ4v) is 3.16. The molecule has 1 aromatic heterocycles. The van der Waals surface area contributed by atoms with Gasteiger partial charge in [0.15, 0.2) is 0 Å². The maximum absolute atomic E-state index is 6.25. The molecule has 0 fully saturated rings. The maximum atomic E-state index is 6.25. The van der Waals surface area contributed by atoms with Crippen LogP contribution in [0.1, 0.15) is 5.56 Å². The number of nitrogen functional groups attached to an aromatic ring is 1. The molecule has 0 aliphatic rings. The number of nitrogens with zero attached hydrogens (tertiary/aromatic N) is 2. The first kappa shape index (κ1) is 14.6. The molecule has 0 spiro atoms. The molecule has 0 saturated carbocycles. The normalized spacial score (nSPS) is 10.8. The van der Waals surface area contributed by atoms with E-state index in [9.17, 15) is 0 Å². The molecule has 0 bridgehead atoms. The van der Waals surface area contributed by atoms with Crippen LogP contribution in [0.5, 0.6) is 0 Å². The molecular weight excluding hydrogens is 441 g/mol. The minimum atomic E-state index is 0.673. The number of aromatic nitrogens is 2. The first-order valence-electron chi connectivity index (χ1n) is 6.44. The van der Waals surface area contributed by atoms with Crippen LogP contribution in [0.4, 0.5) is 5.82 Å². The van der Waals surface area contributed by atoms with Gasteiger partial charge < -0.3 is 5.73 Å². The van der Waals surface area contributed by atoms with Gasteiger partial charge >= 0.3 is 0 Å². The molecule has 3 aromatic rings. The van der Waals surface area contributed by atoms with Crippen molar-refractivity contribution in [1.29, 1.82) is 0 Å². The van der Waals surface area contributed by atoms with Crippen LogP contribution >= 0.6 is 38.5 Å². The van der Waals surface area contributed by atoms with E-state index in [-0.39, 0.29) is 0 Å². The minimum absolute atomic E-state index is 0.673. The number of para-hydroxylation sites is 1. The molecule has 0 unspecified atom stereocenters. The van der Waals surface area contributed by atoms with Gasteiger partial charge in [-0.2, -0.15) is 5.10 Å². The Bertz CT molecular complexity index is 797. The predicted octanol–water partition coefficient (Wildman–Crippen LogP) is 4.80. The van der Waals surface area contributed by atoms with Crippen LogP contribution in [0.3, 0.4) is 0 Å². The summed E-state index contributed by atoms with van der Waals surface area (Å²) in [5.74, 6) is 0.673. The molecule has 0 aliphatic heterocycles. The summed E-state index contributed by atoms with van der Waals surface area (Å²) in [4.78, 5) is 0. The molecule has 0 atom stereocenters. The fraction of sp³-hybridized carbons (Fsp3) is 0.0625. The van der Waals surface area contributed by atoms with E-state index in [0.717, 1.165) is 30.6 Å². The second kappa shape index (κ2) is 5.81. The Kier molecular flexibility index (Phi) is 4.03. The van der Waals surface area contributed by atoms with E-state index in [4.69, 9.17) is 10.8 Å². The minimum Gasteiger partial charge on any atom is -0.383 e. The van der Waals surface area contributed by atoms with Crippen molar-refractivity contribution < 1.29 is 0 Å². The summed E-state index contributed by atoms with van der Waals surface area (Å²) in [7, 11) is 0. The Balaban J connectivity index is 2.20. The quantitative estimate of drug-likeness (QED) is 0.566. The summed E-state index contributed by atoms with van der Waals surface area (Å²) in [5, 5.41) is 4.72. The third-order valence-electron chi connectivity index (χ3n) is 3.35. The second-order valence-corrected chi connectivity index (χ2v) is 6.81. The summed E-state index contributed by atoms with van der Waals surface area (Å²) >= 11 is 5.84. The van der Waals surface area contributed by atoms with Crippen molar-refractivity contribution >= 4 is 44.3 Å². The van der Waals surface area contributed by atoms with Gasteiger partial charge in [-0.1, -0.05) is 34.1 Å². The Morgan fingerprint density at radius 2 is 1.86 bits per heavy atom. The van der Waals surface area contributed by atoms with E-state index in [1.807, 2.05) is 43.3 Å². The first-order chi connectivity index (χ1) is 10.1. The van der Waals surface area contributed by atoms with Gasteiger partial charge in [0.25, 0.3) is 0 Å². The Labute approximate surface area is 145 Å². The molecule has 0 amide bonds. The SMILES string of the molecule is Cc1c(-c2cc(Br)ccc2I)nn(-c2ccccc2)c1N. The predicted molar refractivity (Wildman–Crippen MR) is 98.6 cm³/mol. The van der Waals surface area contributed by atoms with Gasteiger partial charge in [-0.3, -0.25) is 0 Å². The van der Waals surface area contributed by atoms with Gasteiger partial charge in [-0.25, -0.2) is 4.68 Å². The number of nitrogens with two attached hydrogens (primary N) is 1. The number of hydrogen-bond donors (Lipinski definition) is 1. The number of benzene rings is 2. The van der Waals surface area contributed by atoms with Crippen molar-refractivity contribution in [2.24, 2.45) is 0 Å². The summed E-state index contributed by atoms with van der Waals surface area (Å²) in [6.45, 7) is 2.01. The third-order valence-corrected chi connectivity index (χ3v) is 4.79. The van der Waals surface area contributed by atoms with Crippen LogP contribution in [-0.4, -0.2) is 9.78 Å². The molecule has 2 N–H and O–H groups in total. The van der Waals surface area contributed by atoms with E-state index < -0.39 is 0 Å². The summed E-state index contributed by atoms with van der Waals surface area (Å²) in [6.07, 6.45) is 0. The molecule has 5 heteroatoms. The Morgan fingerprint density at radius 1 is 1.14 bits per heavy atom. The van der Waals surface area contributed by atoms with E-state index in [1.54, 1.807) is 4.68 Å². The zero-order valence-corrected chi connectivity index (χ0v) is 15.1. The second-order valence-electron chi connectivity index (χ2n) is 4.73. The molecule has 3 nitrogen and oxygen atoms in total. The van der Waals surface area contributed by atoms with E-state index in [1.165, 1.54) is 0 Å². The van der Waals surface area contributed by atoms with Crippen molar-refractivity contribution in [2.75, 3.05) is 5.73 Å². The van der Waals surface area contributed by atoms with Crippen LogP contribution in [0.15, 0.2) is 53.0 Å². The molecule has 1 heterocycles.